The number of nitrogens with zero attached hydrogens (tertiary/aromatic N) is 5. The van der Waals surface area contributed by atoms with Gasteiger partial charge in [-0.1, -0.05) is 18.3 Å². The molecule has 138 valence electrons. The molecule has 2 aromatic heterocycles. The van der Waals surface area contributed by atoms with E-state index in [0.29, 0.717) is 11.0 Å². The van der Waals surface area contributed by atoms with E-state index in [2.05, 4.69) is 32.4 Å². The second-order valence-corrected chi connectivity index (χ2v) is 8.13. The lowest BCUT2D eigenvalue weighted by Crippen LogP contribution is -2.36. The minimum Gasteiger partial charge on any atom is -0.355 e. The van der Waals surface area contributed by atoms with E-state index in [0.717, 1.165) is 55.5 Å². The van der Waals surface area contributed by atoms with Crippen molar-refractivity contribution in [3.05, 3.63) is 27.5 Å². The Labute approximate surface area is 155 Å². The predicted molar refractivity (Wildman–Crippen MR) is 99.6 cm³/mol. The van der Waals surface area contributed by atoms with Crippen molar-refractivity contribution in [1.29, 1.82) is 0 Å². The van der Waals surface area contributed by atoms with Gasteiger partial charge in [-0.2, -0.15) is 5.10 Å². The molecule has 0 spiro atoms. The van der Waals surface area contributed by atoms with E-state index < -0.39 is 0 Å². The predicted octanol–water partition coefficient (Wildman–Crippen LogP) is 1.85. The number of piperidine rings is 1. The molecule has 2 aliphatic rings. The Morgan fingerprint density at radius 2 is 2.00 bits per heavy atom. The van der Waals surface area contributed by atoms with Gasteiger partial charge in [0, 0.05) is 25.1 Å². The molecule has 2 fully saturated rings. The Morgan fingerprint density at radius 1 is 1.23 bits per heavy atom. The molecule has 0 atom stereocenters. The van der Waals surface area contributed by atoms with Crippen molar-refractivity contribution in [2.75, 3.05) is 23.3 Å². The molecule has 0 unspecified atom stereocenters. The lowest BCUT2D eigenvalue weighted by atomic mass is 9.99. The third kappa shape index (κ3) is 3.92. The lowest BCUT2D eigenvalue weighted by molar-refractivity contribution is -0.117. The van der Waals surface area contributed by atoms with Gasteiger partial charge in [0.05, 0.1) is 0 Å². The molecule has 1 amide bonds. The minimum absolute atomic E-state index is 0.130. The topological polar surface area (TPSA) is 93.0 Å². The molecule has 1 N–H and O–H groups in total. The number of nitrogens with one attached hydrogen (secondary N) is 1. The van der Waals surface area contributed by atoms with Gasteiger partial charge in [-0.25, -0.2) is 4.68 Å². The lowest BCUT2D eigenvalue weighted by Gasteiger charge is -2.31. The van der Waals surface area contributed by atoms with Crippen LogP contribution in [0.5, 0.6) is 0 Å². The molecular formula is C17H22N6O2S. The van der Waals surface area contributed by atoms with E-state index >= 15 is 0 Å². The zero-order chi connectivity index (χ0) is 18.1. The fourth-order valence-corrected chi connectivity index (χ4v) is 3.96. The zero-order valence-electron chi connectivity index (χ0n) is 14.7. The smallest absolute Gasteiger partial charge is 0.267 e. The summed E-state index contributed by atoms with van der Waals surface area (Å²) in [6, 6.07) is 3.21. The fraction of sp³-hybridized carbons (Fsp3) is 0.588. The molecule has 9 heteroatoms. The van der Waals surface area contributed by atoms with Crippen LogP contribution in [0.2, 0.25) is 0 Å². The molecule has 1 saturated carbocycles. The van der Waals surface area contributed by atoms with Crippen molar-refractivity contribution in [3.8, 4) is 0 Å². The summed E-state index contributed by atoms with van der Waals surface area (Å²) in [6.45, 7) is 3.97. The van der Waals surface area contributed by atoms with Crippen molar-refractivity contribution in [1.82, 2.24) is 20.0 Å². The highest BCUT2D eigenvalue weighted by Crippen LogP contribution is 2.42. The Bertz CT molecular complexity index is 851. The number of carbonyl (C=O) groups excluding carboxylic acids is 1. The number of hydrogen-bond donors (Lipinski definition) is 1. The van der Waals surface area contributed by atoms with Crippen molar-refractivity contribution >= 4 is 28.2 Å². The van der Waals surface area contributed by atoms with E-state index in [1.165, 1.54) is 22.1 Å². The summed E-state index contributed by atoms with van der Waals surface area (Å²) in [5.41, 5.74) is -0.287. The summed E-state index contributed by atoms with van der Waals surface area (Å²) in [7, 11) is 0. The van der Waals surface area contributed by atoms with Crippen molar-refractivity contribution in [2.45, 2.75) is 45.1 Å². The highest BCUT2D eigenvalue weighted by atomic mass is 32.1. The molecule has 0 radical (unpaired) electrons. The Morgan fingerprint density at radius 3 is 2.73 bits per heavy atom. The van der Waals surface area contributed by atoms with Gasteiger partial charge in [-0.05, 0) is 37.7 Å². The van der Waals surface area contributed by atoms with Gasteiger partial charge in [0.2, 0.25) is 11.0 Å². The summed E-state index contributed by atoms with van der Waals surface area (Å²) >= 11 is 1.40. The number of amides is 1. The molecule has 0 bridgehead atoms. The van der Waals surface area contributed by atoms with Gasteiger partial charge in [-0.3, -0.25) is 14.9 Å². The van der Waals surface area contributed by atoms with Crippen LogP contribution >= 0.6 is 11.3 Å². The Hall–Kier alpha value is -2.29. The maximum atomic E-state index is 12.3. The molecule has 1 saturated heterocycles. The van der Waals surface area contributed by atoms with Gasteiger partial charge in [0.1, 0.15) is 17.4 Å². The second-order valence-electron chi connectivity index (χ2n) is 7.12. The van der Waals surface area contributed by atoms with Crippen LogP contribution in [-0.2, 0) is 11.3 Å². The van der Waals surface area contributed by atoms with Crippen molar-refractivity contribution in [3.63, 3.8) is 0 Å². The summed E-state index contributed by atoms with van der Waals surface area (Å²) in [5.74, 6) is 1.65. The van der Waals surface area contributed by atoms with Crippen LogP contribution in [0.1, 0.15) is 43.5 Å². The average molecular weight is 374 g/mol. The van der Waals surface area contributed by atoms with Crippen LogP contribution in [0, 0.1) is 5.92 Å². The number of rotatable bonds is 5. The normalized spacial score (nSPS) is 18.1. The Kier molecular flexibility index (Phi) is 4.71. The first-order valence-electron chi connectivity index (χ1n) is 9.05. The van der Waals surface area contributed by atoms with E-state index in [9.17, 15) is 9.59 Å². The third-order valence-corrected chi connectivity index (χ3v) is 5.87. The van der Waals surface area contributed by atoms with Gasteiger partial charge in [0.15, 0.2) is 0 Å². The van der Waals surface area contributed by atoms with Crippen LogP contribution in [0.15, 0.2) is 16.9 Å². The molecule has 3 heterocycles. The van der Waals surface area contributed by atoms with Crippen LogP contribution in [-0.4, -0.2) is 39.0 Å². The summed E-state index contributed by atoms with van der Waals surface area (Å²) in [6.07, 6.45) is 4.51. The molecule has 4 rings (SSSR count). The van der Waals surface area contributed by atoms with E-state index in [-0.39, 0.29) is 18.0 Å². The SMILES string of the molecule is CC1CCN(c2ccc(=O)n(CC(=O)Nc3nnc(C4CC4)s3)n2)CC1. The average Bonchev–Trinajstić information content (AvgIpc) is 3.37. The third-order valence-electron chi connectivity index (χ3n) is 4.87. The van der Waals surface area contributed by atoms with E-state index in [1.54, 1.807) is 6.07 Å². The Balaban J connectivity index is 1.42. The minimum atomic E-state index is -0.317. The summed E-state index contributed by atoms with van der Waals surface area (Å²) in [4.78, 5) is 26.5. The molecule has 0 aromatic carbocycles. The summed E-state index contributed by atoms with van der Waals surface area (Å²) < 4.78 is 1.21. The monoisotopic (exact) mass is 374 g/mol. The van der Waals surface area contributed by atoms with Crippen LogP contribution < -0.4 is 15.8 Å². The maximum absolute atomic E-state index is 12.3. The molecular weight excluding hydrogens is 352 g/mol. The standard InChI is InChI=1S/C17H22N6O2S/c1-11-6-8-22(9-7-11)13-4-5-15(25)23(21-13)10-14(24)18-17-20-19-16(26-17)12-2-3-12/h4-5,11-12H,2-3,6-10H2,1H3,(H,18,20,24). The maximum Gasteiger partial charge on any atom is 0.267 e. The first-order chi connectivity index (χ1) is 12.6. The number of carbonyl (C=O) groups is 1. The van der Waals surface area contributed by atoms with Crippen LogP contribution in [0.25, 0.3) is 0 Å². The van der Waals surface area contributed by atoms with E-state index in [4.69, 9.17) is 0 Å². The second kappa shape index (κ2) is 7.14. The van der Waals surface area contributed by atoms with Gasteiger partial charge in [0.25, 0.3) is 5.56 Å². The molecule has 2 aromatic rings. The van der Waals surface area contributed by atoms with Gasteiger partial charge < -0.3 is 4.90 Å². The summed E-state index contributed by atoms with van der Waals surface area (Å²) in [5, 5.41) is 16.6. The number of hydrogen-bond acceptors (Lipinski definition) is 7. The largest absolute Gasteiger partial charge is 0.355 e. The molecule has 26 heavy (non-hydrogen) atoms. The highest BCUT2D eigenvalue weighted by Gasteiger charge is 2.27. The first kappa shape index (κ1) is 17.1. The fourth-order valence-electron chi connectivity index (χ4n) is 3.03. The quantitative estimate of drug-likeness (QED) is 0.858. The van der Waals surface area contributed by atoms with Crippen LogP contribution in [0.3, 0.4) is 0 Å². The number of anilines is 2. The molecule has 1 aliphatic carbocycles. The first-order valence-corrected chi connectivity index (χ1v) is 9.86. The molecule has 8 nitrogen and oxygen atoms in total. The van der Waals surface area contributed by atoms with Crippen LogP contribution in [0.4, 0.5) is 10.9 Å². The number of aromatic nitrogens is 4. The van der Waals surface area contributed by atoms with Crippen molar-refractivity contribution < 1.29 is 4.79 Å². The van der Waals surface area contributed by atoms with Gasteiger partial charge >= 0.3 is 0 Å². The van der Waals surface area contributed by atoms with Crippen molar-refractivity contribution in [2.24, 2.45) is 5.92 Å². The molecule has 1 aliphatic heterocycles. The zero-order valence-corrected chi connectivity index (χ0v) is 15.5. The highest BCUT2D eigenvalue weighted by molar-refractivity contribution is 7.15. The van der Waals surface area contributed by atoms with Gasteiger partial charge in [-0.15, -0.1) is 10.2 Å². The van der Waals surface area contributed by atoms with E-state index in [1.807, 2.05) is 0 Å².